The number of nitrogens with zero attached hydrogens (tertiary/aromatic N) is 3. The Labute approximate surface area is 191 Å². The summed E-state index contributed by atoms with van der Waals surface area (Å²) in [5.41, 5.74) is 0.724. The van der Waals surface area contributed by atoms with Crippen molar-refractivity contribution in [3.05, 3.63) is 65.0 Å². The highest BCUT2D eigenvalue weighted by Crippen LogP contribution is 2.30. The monoisotopic (exact) mass is 448 g/mol. The number of ether oxygens (including phenoxy) is 1. The van der Waals surface area contributed by atoms with Crippen molar-refractivity contribution < 1.29 is 4.74 Å². The van der Waals surface area contributed by atoms with Crippen molar-refractivity contribution in [2.45, 2.75) is 25.8 Å². The Balaban J connectivity index is 1.08. The van der Waals surface area contributed by atoms with Gasteiger partial charge in [0.1, 0.15) is 11.6 Å². The fraction of sp³-hybridized carbons (Fsp3) is 0.360. The zero-order valence-corrected chi connectivity index (χ0v) is 19.1. The van der Waals surface area contributed by atoms with E-state index in [1.807, 2.05) is 24.3 Å². The third kappa shape index (κ3) is 4.49. The molecule has 1 N–H and O–H groups in total. The average Bonchev–Trinajstić information content (AvgIpc) is 3.24. The second kappa shape index (κ2) is 9.30. The highest BCUT2D eigenvalue weighted by atomic mass is 32.1. The normalized spacial score (nSPS) is 17.3. The Kier molecular flexibility index (Phi) is 6.10. The molecule has 1 atom stereocenters. The Hall–Kier alpha value is -2.90. The summed E-state index contributed by atoms with van der Waals surface area (Å²) in [4.78, 5) is 19.4. The number of hydrogen-bond donors (Lipinski definition) is 1. The molecule has 4 aromatic rings. The van der Waals surface area contributed by atoms with Gasteiger partial charge < -0.3 is 14.6 Å². The summed E-state index contributed by atoms with van der Waals surface area (Å²) in [6, 6.07) is 18.2. The largest absolute Gasteiger partial charge is 0.494 e. The summed E-state index contributed by atoms with van der Waals surface area (Å²) in [7, 11) is 0. The van der Waals surface area contributed by atoms with Crippen LogP contribution in [0.1, 0.15) is 19.8 Å². The van der Waals surface area contributed by atoms with E-state index in [1.165, 1.54) is 10.1 Å². The Morgan fingerprint density at radius 3 is 2.91 bits per heavy atom. The number of H-pyrrole nitrogens is 1. The summed E-state index contributed by atoms with van der Waals surface area (Å²) in [5.74, 6) is 1.94. The van der Waals surface area contributed by atoms with Crippen LogP contribution in [0.2, 0.25) is 0 Å². The van der Waals surface area contributed by atoms with E-state index in [1.54, 1.807) is 17.6 Å². The lowest BCUT2D eigenvalue weighted by Crippen LogP contribution is -2.52. The first-order chi connectivity index (χ1) is 15.7. The van der Waals surface area contributed by atoms with Crippen LogP contribution in [0, 0.1) is 0 Å². The summed E-state index contributed by atoms with van der Waals surface area (Å²) >= 11 is 1.59. The number of benzene rings is 2. The lowest BCUT2D eigenvalue weighted by molar-refractivity contribution is 0.180. The van der Waals surface area contributed by atoms with E-state index >= 15 is 0 Å². The lowest BCUT2D eigenvalue weighted by atomic mass is 10.1. The van der Waals surface area contributed by atoms with E-state index in [-0.39, 0.29) is 5.56 Å². The molecule has 0 aliphatic carbocycles. The first-order valence-corrected chi connectivity index (χ1v) is 12.0. The molecule has 1 fully saturated rings. The summed E-state index contributed by atoms with van der Waals surface area (Å²) < 4.78 is 11.9. The molecule has 0 bridgehead atoms. The summed E-state index contributed by atoms with van der Waals surface area (Å²) in [5, 5.41) is 2.28. The van der Waals surface area contributed by atoms with Crippen molar-refractivity contribution in [1.82, 2.24) is 14.3 Å². The van der Waals surface area contributed by atoms with E-state index < -0.39 is 0 Å². The molecule has 5 rings (SSSR count). The van der Waals surface area contributed by atoms with E-state index in [0.717, 1.165) is 61.5 Å². The maximum absolute atomic E-state index is 11.5. The fourth-order valence-corrected chi connectivity index (χ4v) is 5.24. The van der Waals surface area contributed by atoms with Crippen LogP contribution < -0.4 is 15.2 Å². The number of pyridine rings is 1. The van der Waals surface area contributed by atoms with E-state index in [0.29, 0.717) is 12.6 Å². The van der Waals surface area contributed by atoms with Crippen molar-refractivity contribution >= 4 is 38.3 Å². The minimum Gasteiger partial charge on any atom is -0.494 e. The second-order valence-electron chi connectivity index (χ2n) is 8.46. The molecule has 32 heavy (non-hydrogen) atoms. The quantitative estimate of drug-likeness (QED) is 0.422. The van der Waals surface area contributed by atoms with Gasteiger partial charge in [-0.3, -0.25) is 9.69 Å². The van der Waals surface area contributed by atoms with Gasteiger partial charge >= 0.3 is 0 Å². The van der Waals surface area contributed by atoms with Crippen LogP contribution in [-0.2, 0) is 0 Å². The van der Waals surface area contributed by atoms with Crippen LogP contribution in [0.15, 0.2) is 59.4 Å². The molecule has 3 heterocycles. The number of aromatic nitrogens is 2. The summed E-state index contributed by atoms with van der Waals surface area (Å²) in [6.45, 7) is 7.17. The van der Waals surface area contributed by atoms with Crippen molar-refractivity contribution in [2.75, 3.05) is 37.7 Å². The number of nitrogens with one attached hydrogen (secondary N) is 1. The number of aromatic amines is 1. The fourth-order valence-electron chi connectivity index (χ4n) is 4.45. The van der Waals surface area contributed by atoms with Gasteiger partial charge in [-0.15, -0.1) is 0 Å². The van der Waals surface area contributed by atoms with E-state index in [4.69, 9.17) is 9.11 Å². The number of anilines is 1. The Morgan fingerprint density at radius 2 is 2.00 bits per heavy atom. The molecule has 1 saturated heterocycles. The zero-order valence-electron chi connectivity index (χ0n) is 18.3. The standard InChI is InChI=1S/C25H28N4O2S/c1-18-17-29(25-21-6-2-3-7-23(21)32-27-25)14-13-28(18)12-4-5-15-31-20-10-8-19-9-11-24(30)26-22(19)16-20/h2-3,6-11,16,18H,4-5,12-15,17H2,1H3,(H,26,30). The van der Waals surface area contributed by atoms with E-state index in [2.05, 4.69) is 46.0 Å². The molecule has 0 radical (unpaired) electrons. The van der Waals surface area contributed by atoms with Crippen molar-refractivity contribution in [2.24, 2.45) is 0 Å². The van der Waals surface area contributed by atoms with Crippen LogP contribution in [-0.4, -0.2) is 53.1 Å². The number of hydrogen-bond acceptors (Lipinski definition) is 6. The van der Waals surface area contributed by atoms with Gasteiger partial charge in [-0.25, -0.2) is 0 Å². The lowest BCUT2D eigenvalue weighted by Gasteiger charge is -2.40. The number of rotatable bonds is 7. The maximum atomic E-state index is 11.5. The van der Waals surface area contributed by atoms with Crippen LogP contribution in [0.4, 0.5) is 5.82 Å². The Bertz CT molecular complexity index is 1270. The molecule has 6 nitrogen and oxygen atoms in total. The highest BCUT2D eigenvalue weighted by molar-refractivity contribution is 7.13. The van der Waals surface area contributed by atoms with Gasteiger partial charge in [0.25, 0.3) is 0 Å². The SMILES string of the molecule is CC1CN(c2nsc3ccccc23)CCN1CCCCOc1ccc2ccc(=O)[nH]c2c1. The first kappa shape index (κ1) is 21.0. The average molecular weight is 449 g/mol. The van der Waals surface area contributed by atoms with Crippen molar-refractivity contribution in [1.29, 1.82) is 0 Å². The maximum Gasteiger partial charge on any atom is 0.248 e. The van der Waals surface area contributed by atoms with Gasteiger partial charge in [0.2, 0.25) is 5.56 Å². The molecule has 0 amide bonds. The number of fused-ring (bicyclic) bond motifs is 2. The van der Waals surface area contributed by atoms with Crippen LogP contribution in [0.5, 0.6) is 5.75 Å². The van der Waals surface area contributed by atoms with Gasteiger partial charge in [0, 0.05) is 43.2 Å². The van der Waals surface area contributed by atoms with Crippen molar-refractivity contribution in [3.63, 3.8) is 0 Å². The molecule has 2 aromatic carbocycles. The molecule has 2 aromatic heterocycles. The van der Waals surface area contributed by atoms with E-state index in [9.17, 15) is 4.79 Å². The third-order valence-corrected chi connectivity index (χ3v) is 7.05. The van der Waals surface area contributed by atoms with Gasteiger partial charge in [-0.1, -0.05) is 12.1 Å². The molecule has 166 valence electrons. The zero-order chi connectivity index (χ0) is 21.9. The van der Waals surface area contributed by atoms with Gasteiger partial charge in [0.15, 0.2) is 0 Å². The van der Waals surface area contributed by atoms with Gasteiger partial charge in [-0.05, 0) is 73.6 Å². The van der Waals surface area contributed by atoms with Crippen LogP contribution in [0.3, 0.4) is 0 Å². The number of unbranched alkanes of at least 4 members (excludes halogenated alkanes) is 1. The molecule has 1 aliphatic rings. The third-order valence-electron chi connectivity index (χ3n) is 6.23. The molecular weight excluding hydrogens is 420 g/mol. The summed E-state index contributed by atoms with van der Waals surface area (Å²) in [6.07, 6.45) is 2.11. The van der Waals surface area contributed by atoms with Crippen LogP contribution >= 0.6 is 11.5 Å². The molecule has 1 aliphatic heterocycles. The topological polar surface area (TPSA) is 61.5 Å². The minimum atomic E-state index is -0.0909. The van der Waals surface area contributed by atoms with Gasteiger partial charge in [-0.2, -0.15) is 4.37 Å². The molecule has 0 saturated carbocycles. The molecule has 1 unspecified atom stereocenters. The second-order valence-corrected chi connectivity index (χ2v) is 9.27. The number of piperazine rings is 1. The smallest absolute Gasteiger partial charge is 0.248 e. The molecule has 0 spiro atoms. The van der Waals surface area contributed by atoms with Gasteiger partial charge in [0.05, 0.1) is 16.8 Å². The Morgan fingerprint density at radius 1 is 1.12 bits per heavy atom. The predicted molar refractivity (Wildman–Crippen MR) is 132 cm³/mol. The molecular formula is C25H28N4O2S. The van der Waals surface area contributed by atoms with Crippen molar-refractivity contribution in [3.8, 4) is 5.75 Å². The molecule has 7 heteroatoms. The van der Waals surface area contributed by atoms with Crippen LogP contribution in [0.25, 0.3) is 21.0 Å². The first-order valence-electron chi connectivity index (χ1n) is 11.3. The highest BCUT2D eigenvalue weighted by Gasteiger charge is 2.25. The predicted octanol–water partition coefficient (Wildman–Crippen LogP) is 4.51. The minimum absolute atomic E-state index is 0.0909.